The summed E-state index contributed by atoms with van der Waals surface area (Å²) < 4.78 is 53.2. The first-order chi connectivity index (χ1) is 9.92. The van der Waals surface area contributed by atoms with Gasteiger partial charge in [-0.05, 0) is 49.0 Å². The predicted octanol–water partition coefficient (Wildman–Crippen LogP) is 2.49. The molecule has 2 N–H and O–H groups in total. The number of hydrogen-bond donors (Lipinski definition) is 2. The molecule has 0 aliphatic carbocycles. The number of benzene rings is 2. The van der Waals surface area contributed by atoms with Crippen molar-refractivity contribution >= 4 is 15.7 Å². The van der Waals surface area contributed by atoms with Gasteiger partial charge in [-0.1, -0.05) is 6.07 Å². The maximum absolute atomic E-state index is 13.8. The van der Waals surface area contributed by atoms with Gasteiger partial charge in [0.2, 0.25) is 0 Å². The molecular weight excluding hydrogens is 298 g/mol. The molecule has 0 aromatic heterocycles. The van der Waals surface area contributed by atoms with Crippen LogP contribution in [0.5, 0.6) is 0 Å². The summed E-state index contributed by atoms with van der Waals surface area (Å²) in [5.74, 6) is -1.33. The van der Waals surface area contributed by atoms with Crippen molar-refractivity contribution in [2.24, 2.45) is 0 Å². The molecule has 0 aliphatic rings. The number of halogens is 2. The summed E-state index contributed by atoms with van der Waals surface area (Å²) in [5, 5.41) is 2.86. The van der Waals surface area contributed by atoms with Crippen LogP contribution < -0.4 is 10.0 Å². The highest BCUT2D eigenvalue weighted by atomic mass is 32.2. The van der Waals surface area contributed by atoms with Crippen LogP contribution in [0.1, 0.15) is 5.56 Å². The molecule has 0 aliphatic heterocycles. The highest BCUT2D eigenvalue weighted by Gasteiger charge is 2.19. The van der Waals surface area contributed by atoms with Crippen molar-refractivity contribution in [3.63, 3.8) is 0 Å². The lowest BCUT2D eigenvalue weighted by Gasteiger charge is -2.10. The quantitative estimate of drug-likeness (QED) is 0.892. The Balaban J connectivity index is 2.34. The average molecular weight is 312 g/mol. The van der Waals surface area contributed by atoms with Gasteiger partial charge in [-0.3, -0.25) is 4.72 Å². The summed E-state index contributed by atoms with van der Waals surface area (Å²) in [6.07, 6.45) is 0. The first kappa shape index (κ1) is 15.4. The van der Waals surface area contributed by atoms with E-state index in [-0.39, 0.29) is 5.69 Å². The summed E-state index contributed by atoms with van der Waals surface area (Å²) in [7, 11) is -2.37. The molecule has 2 aromatic carbocycles. The van der Waals surface area contributed by atoms with Crippen molar-refractivity contribution in [3.8, 4) is 0 Å². The van der Waals surface area contributed by atoms with Gasteiger partial charge in [-0.25, -0.2) is 17.2 Å². The lowest BCUT2D eigenvalue weighted by molar-refractivity contribution is 0.569. The first-order valence-electron chi connectivity index (χ1n) is 6.14. The lowest BCUT2D eigenvalue weighted by Crippen LogP contribution is -2.15. The number of nitrogens with one attached hydrogen (secondary N) is 2. The van der Waals surface area contributed by atoms with Gasteiger partial charge >= 0.3 is 0 Å². The molecule has 7 heteroatoms. The Morgan fingerprint density at radius 2 is 1.71 bits per heavy atom. The third kappa shape index (κ3) is 3.77. The molecule has 0 atom stereocenters. The van der Waals surface area contributed by atoms with E-state index >= 15 is 0 Å². The molecule has 0 amide bonds. The van der Waals surface area contributed by atoms with Crippen LogP contribution in [0, 0.1) is 11.6 Å². The van der Waals surface area contributed by atoms with Gasteiger partial charge in [0.05, 0.1) is 0 Å². The Kier molecular flexibility index (Phi) is 4.54. The number of sulfonamides is 1. The van der Waals surface area contributed by atoms with Crippen LogP contribution in [0.15, 0.2) is 47.4 Å². The third-order valence-electron chi connectivity index (χ3n) is 2.76. The van der Waals surface area contributed by atoms with E-state index in [1.54, 1.807) is 7.05 Å². The Labute approximate surface area is 121 Å². The summed E-state index contributed by atoms with van der Waals surface area (Å²) in [4.78, 5) is -0.445. The van der Waals surface area contributed by atoms with E-state index in [4.69, 9.17) is 0 Å². The molecule has 2 rings (SSSR count). The van der Waals surface area contributed by atoms with Crippen LogP contribution in [0.2, 0.25) is 0 Å². The molecule has 0 radical (unpaired) electrons. The second kappa shape index (κ2) is 6.19. The molecule has 4 nitrogen and oxygen atoms in total. The summed E-state index contributed by atoms with van der Waals surface area (Å²) in [6.45, 7) is 0.416. The van der Waals surface area contributed by atoms with E-state index in [9.17, 15) is 17.2 Å². The number of anilines is 1. The molecule has 0 bridgehead atoms. The molecule has 0 unspecified atom stereocenters. The highest BCUT2D eigenvalue weighted by Crippen LogP contribution is 2.20. The molecular formula is C14H14F2N2O2S. The van der Waals surface area contributed by atoms with E-state index in [1.807, 2.05) is 0 Å². The zero-order chi connectivity index (χ0) is 15.5. The summed E-state index contributed by atoms with van der Waals surface area (Å²) >= 11 is 0. The zero-order valence-corrected chi connectivity index (χ0v) is 12.0. The number of rotatable bonds is 5. The minimum atomic E-state index is -4.07. The van der Waals surface area contributed by atoms with E-state index in [1.165, 1.54) is 24.3 Å². The van der Waals surface area contributed by atoms with E-state index in [2.05, 4.69) is 10.0 Å². The topological polar surface area (TPSA) is 58.2 Å². The smallest absolute Gasteiger partial charge is 0.264 e. The van der Waals surface area contributed by atoms with Crippen molar-refractivity contribution < 1.29 is 17.2 Å². The standard InChI is InChI=1S/C14H14F2N2O2S/c1-17-9-10-2-7-13(16)14(8-10)21(19,20)18-12-5-3-11(15)4-6-12/h2-8,17-18H,9H2,1H3. The maximum Gasteiger partial charge on any atom is 0.264 e. The molecule has 0 saturated carbocycles. The van der Waals surface area contributed by atoms with Crippen LogP contribution in [0.25, 0.3) is 0 Å². The van der Waals surface area contributed by atoms with E-state index in [0.717, 1.165) is 18.2 Å². The number of hydrogen-bond acceptors (Lipinski definition) is 3. The second-order valence-corrected chi connectivity index (χ2v) is 6.06. The monoisotopic (exact) mass is 312 g/mol. The van der Waals surface area contributed by atoms with Crippen LogP contribution in [0.3, 0.4) is 0 Å². The van der Waals surface area contributed by atoms with Gasteiger partial charge in [-0.15, -0.1) is 0 Å². The van der Waals surface area contributed by atoms with E-state index in [0.29, 0.717) is 12.1 Å². The first-order valence-corrected chi connectivity index (χ1v) is 7.62. The Bertz CT molecular complexity index is 731. The summed E-state index contributed by atoms with van der Waals surface area (Å²) in [6, 6.07) is 8.63. The molecule has 112 valence electrons. The fourth-order valence-electron chi connectivity index (χ4n) is 1.80. The van der Waals surface area contributed by atoms with Crippen LogP contribution in [-0.2, 0) is 16.6 Å². The van der Waals surface area contributed by atoms with Crippen molar-refractivity contribution in [2.75, 3.05) is 11.8 Å². The van der Waals surface area contributed by atoms with Crippen molar-refractivity contribution in [2.45, 2.75) is 11.4 Å². The zero-order valence-electron chi connectivity index (χ0n) is 11.2. The minimum absolute atomic E-state index is 0.162. The molecule has 0 spiro atoms. The highest BCUT2D eigenvalue weighted by molar-refractivity contribution is 7.92. The predicted molar refractivity (Wildman–Crippen MR) is 76.4 cm³/mol. The van der Waals surface area contributed by atoms with Crippen molar-refractivity contribution in [3.05, 3.63) is 59.7 Å². The minimum Gasteiger partial charge on any atom is -0.316 e. The molecule has 2 aromatic rings. The SMILES string of the molecule is CNCc1ccc(F)c(S(=O)(=O)Nc2ccc(F)cc2)c1. The van der Waals surface area contributed by atoms with Crippen LogP contribution in [0.4, 0.5) is 14.5 Å². The van der Waals surface area contributed by atoms with Gasteiger partial charge < -0.3 is 5.32 Å². The second-order valence-electron chi connectivity index (χ2n) is 4.41. The normalized spacial score (nSPS) is 11.4. The summed E-state index contributed by atoms with van der Waals surface area (Å²) in [5.41, 5.74) is 0.799. The van der Waals surface area contributed by atoms with Crippen molar-refractivity contribution in [1.29, 1.82) is 0 Å². The lowest BCUT2D eigenvalue weighted by atomic mass is 10.2. The molecule has 0 saturated heterocycles. The molecule has 0 heterocycles. The Morgan fingerprint density at radius 1 is 1.05 bits per heavy atom. The van der Waals surface area contributed by atoms with Crippen LogP contribution in [-0.4, -0.2) is 15.5 Å². The largest absolute Gasteiger partial charge is 0.316 e. The molecule has 0 fully saturated rings. The van der Waals surface area contributed by atoms with Gasteiger partial charge in [0.1, 0.15) is 16.5 Å². The Hall–Kier alpha value is -1.99. The third-order valence-corrected chi connectivity index (χ3v) is 4.16. The average Bonchev–Trinajstić information content (AvgIpc) is 2.43. The fourth-order valence-corrected chi connectivity index (χ4v) is 2.98. The molecule has 21 heavy (non-hydrogen) atoms. The van der Waals surface area contributed by atoms with Crippen molar-refractivity contribution in [1.82, 2.24) is 5.32 Å². The Morgan fingerprint density at radius 3 is 2.33 bits per heavy atom. The van der Waals surface area contributed by atoms with E-state index < -0.39 is 26.6 Å². The fraction of sp³-hybridized carbons (Fsp3) is 0.143. The van der Waals surface area contributed by atoms with Gasteiger partial charge in [0.25, 0.3) is 10.0 Å². The maximum atomic E-state index is 13.8. The van der Waals surface area contributed by atoms with Gasteiger partial charge in [-0.2, -0.15) is 0 Å². The van der Waals surface area contributed by atoms with Gasteiger partial charge in [0, 0.05) is 12.2 Å². The van der Waals surface area contributed by atoms with Gasteiger partial charge in [0.15, 0.2) is 0 Å². The van der Waals surface area contributed by atoms with Crippen LogP contribution >= 0.6 is 0 Å².